The third-order valence-corrected chi connectivity index (χ3v) is 1.99. The van der Waals surface area contributed by atoms with Crippen LogP contribution in [0, 0.1) is 0 Å². The van der Waals surface area contributed by atoms with E-state index >= 15 is 0 Å². The van der Waals surface area contributed by atoms with Crippen molar-refractivity contribution in [3.8, 4) is 0 Å². The maximum absolute atomic E-state index is 11.9. The molecule has 1 heterocycles. The molecular weight excluding hydrogens is 211 g/mol. The average Bonchev–Trinajstić information content (AvgIpc) is 2.83. The summed E-state index contributed by atoms with van der Waals surface area (Å²) in [5, 5.41) is 6.53. The molecule has 1 fully saturated rings. The van der Waals surface area contributed by atoms with Gasteiger partial charge < -0.3 is 9.84 Å². The van der Waals surface area contributed by atoms with Gasteiger partial charge in [-0.1, -0.05) is 5.16 Å². The van der Waals surface area contributed by atoms with Crippen LogP contribution in [0.15, 0.2) is 4.52 Å². The summed E-state index contributed by atoms with van der Waals surface area (Å²) in [6.07, 6.45) is -3.25. The van der Waals surface area contributed by atoms with E-state index in [1.807, 2.05) is 0 Å². The maximum atomic E-state index is 11.9. The Morgan fingerprint density at radius 1 is 1.40 bits per heavy atom. The molecule has 0 spiro atoms. The first-order valence-corrected chi connectivity index (χ1v) is 4.64. The zero-order valence-electron chi connectivity index (χ0n) is 7.84. The predicted molar refractivity (Wildman–Crippen MR) is 43.9 cm³/mol. The van der Waals surface area contributed by atoms with Crippen molar-refractivity contribution in [1.29, 1.82) is 0 Å². The zero-order chi connectivity index (χ0) is 10.9. The summed E-state index contributed by atoms with van der Waals surface area (Å²) in [5.74, 6) is -0.101. The fourth-order valence-electron chi connectivity index (χ4n) is 1.13. The standard InChI is InChI=1S/C8H10F3N3O/c9-8(10,11)3-7-13-6(14-15-7)4-12-5-1-2-5/h5,12H,1-4H2. The van der Waals surface area contributed by atoms with Crippen LogP contribution in [0.1, 0.15) is 24.6 Å². The lowest BCUT2D eigenvalue weighted by molar-refractivity contribution is -0.131. The van der Waals surface area contributed by atoms with Gasteiger partial charge in [0.05, 0.1) is 6.54 Å². The lowest BCUT2D eigenvalue weighted by atomic mass is 10.4. The largest absolute Gasteiger partial charge is 0.397 e. The quantitative estimate of drug-likeness (QED) is 0.835. The van der Waals surface area contributed by atoms with Crippen molar-refractivity contribution in [1.82, 2.24) is 15.5 Å². The number of hydrogen-bond donors (Lipinski definition) is 1. The Morgan fingerprint density at radius 2 is 2.13 bits per heavy atom. The third kappa shape index (κ3) is 3.50. The van der Waals surface area contributed by atoms with E-state index in [0.717, 1.165) is 12.8 Å². The molecule has 1 aromatic rings. The second-order valence-corrected chi connectivity index (χ2v) is 3.55. The minimum absolute atomic E-state index is 0.279. The van der Waals surface area contributed by atoms with Crippen LogP contribution in [-0.4, -0.2) is 22.4 Å². The number of hydrogen-bond acceptors (Lipinski definition) is 4. The van der Waals surface area contributed by atoms with E-state index in [0.29, 0.717) is 12.6 Å². The molecule has 0 amide bonds. The zero-order valence-corrected chi connectivity index (χ0v) is 7.84. The normalized spacial score (nSPS) is 17.0. The molecule has 0 unspecified atom stereocenters. The van der Waals surface area contributed by atoms with Crippen LogP contribution >= 0.6 is 0 Å². The van der Waals surface area contributed by atoms with Crippen LogP contribution in [0.3, 0.4) is 0 Å². The summed E-state index contributed by atoms with van der Waals surface area (Å²) in [4.78, 5) is 3.64. The number of rotatable bonds is 4. The summed E-state index contributed by atoms with van der Waals surface area (Å²) in [6.45, 7) is 0.367. The lowest BCUT2D eigenvalue weighted by Gasteiger charge is -1.99. The van der Waals surface area contributed by atoms with E-state index in [4.69, 9.17) is 0 Å². The van der Waals surface area contributed by atoms with Crippen molar-refractivity contribution in [3.63, 3.8) is 0 Å². The maximum Gasteiger partial charge on any atom is 0.397 e. The van der Waals surface area contributed by atoms with Gasteiger partial charge in [-0.2, -0.15) is 18.2 Å². The van der Waals surface area contributed by atoms with Gasteiger partial charge in [-0.3, -0.25) is 0 Å². The van der Waals surface area contributed by atoms with Crippen LogP contribution in [0.25, 0.3) is 0 Å². The predicted octanol–water partition coefficient (Wildman–Crippen LogP) is 1.43. The molecule has 4 nitrogen and oxygen atoms in total. The molecule has 0 aliphatic heterocycles. The highest BCUT2D eigenvalue weighted by atomic mass is 19.4. The molecule has 1 aliphatic carbocycles. The molecule has 1 aromatic heterocycles. The Labute approximate surface area is 83.8 Å². The second kappa shape index (κ2) is 3.80. The Bertz CT molecular complexity index is 332. The molecule has 0 atom stereocenters. The van der Waals surface area contributed by atoms with Crippen molar-refractivity contribution in [2.45, 2.75) is 38.0 Å². The van der Waals surface area contributed by atoms with Gasteiger partial charge in [-0.25, -0.2) is 0 Å². The first kappa shape index (κ1) is 10.4. The molecule has 7 heteroatoms. The Balaban J connectivity index is 1.85. The Hall–Kier alpha value is -1.11. The topological polar surface area (TPSA) is 51.0 Å². The van der Waals surface area contributed by atoms with Gasteiger partial charge >= 0.3 is 6.18 Å². The molecule has 1 aliphatic rings. The number of nitrogens with one attached hydrogen (secondary N) is 1. The van der Waals surface area contributed by atoms with E-state index in [2.05, 4.69) is 20.0 Å². The molecule has 1 saturated carbocycles. The molecule has 84 valence electrons. The minimum atomic E-state index is -4.30. The monoisotopic (exact) mass is 221 g/mol. The average molecular weight is 221 g/mol. The van der Waals surface area contributed by atoms with Gasteiger partial charge in [0.15, 0.2) is 5.82 Å². The van der Waals surface area contributed by atoms with E-state index in [9.17, 15) is 13.2 Å². The van der Waals surface area contributed by atoms with Gasteiger partial charge in [-0.05, 0) is 12.8 Å². The van der Waals surface area contributed by atoms with E-state index in [-0.39, 0.29) is 11.7 Å². The third-order valence-electron chi connectivity index (χ3n) is 1.99. The molecule has 0 radical (unpaired) electrons. The minimum Gasteiger partial charge on any atom is -0.339 e. The van der Waals surface area contributed by atoms with Gasteiger partial charge in [0, 0.05) is 6.04 Å². The summed E-state index contributed by atoms with van der Waals surface area (Å²) >= 11 is 0. The highest BCUT2D eigenvalue weighted by molar-refractivity contribution is 4.90. The van der Waals surface area contributed by atoms with Crippen molar-refractivity contribution >= 4 is 0 Å². The van der Waals surface area contributed by atoms with Crippen LogP contribution in [0.2, 0.25) is 0 Å². The number of alkyl halides is 3. The molecule has 2 rings (SSSR count). The van der Waals surface area contributed by atoms with E-state index < -0.39 is 12.6 Å². The highest BCUT2D eigenvalue weighted by Gasteiger charge is 2.31. The molecule has 15 heavy (non-hydrogen) atoms. The summed E-state index contributed by atoms with van der Waals surface area (Å²) in [5.41, 5.74) is 0. The van der Waals surface area contributed by atoms with Crippen molar-refractivity contribution in [3.05, 3.63) is 11.7 Å². The second-order valence-electron chi connectivity index (χ2n) is 3.55. The van der Waals surface area contributed by atoms with Crippen LogP contribution in [0.4, 0.5) is 13.2 Å². The Kier molecular flexibility index (Phi) is 2.64. The summed E-state index contributed by atoms with van der Waals surface area (Å²) < 4.78 is 40.3. The lowest BCUT2D eigenvalue weighted by Crippen LogP contribution is -2.16. The van der Waals surface area contributed by atoms with Crippen molar-refractivity contribution < 1.29 is 17.7 Å². The van der Waals surface area contributed by atoms with Crippen LogP contribution < -0.4 is 5.32 Å². The first-order chi connectivity index (χ1) is 7.03. The number of aromatic nitrogens is 2. The van der Waals surface area contributed by atoms with Gasteiger partial charge in [0.1, 0.15) is 6.42 Å². The van der Waals surface area contributed by atoms with Crippen molar-refractivity contribution in [2.75, 3.05) is 0 Å². The molecular formula is C8H10F3N3O. The number of halogens is 3. The van der Waals surface area contributed by atoms with Crippen molar-refractivity contribution in [2.24, 2.45) is 0 Å². The molecule has 1 N–H and O–H groups in total. The summed E-state index contributed by atoms with van der Waals surface area (Å²) in [6, 6.07) is 0.467. The van der Waals surface area contributed by atoms with Gasteiger partial charge in [0.2, 0.25) is 5.89 Å². The van der Waals surface area contributed by atoms with Crippen LogP contribution in [-0.2, 0) is 13.0 Å². The summed E-state index contributed by atoms with van der Waals surface area (Å²) in [7, 11) is 0. The number of nitrogens with zero attached hydrogens (tertiary/aromatic N) is 2. The van der Waals surface area contributed by atoms with Gasteiger partial charge in [-0.15, -0.1) is 0 Å². The molecule has 0 bridgehead atoms. The first-order valence-electron chi connectivity index (χ1n) is 4.64. The SMILES string of the molecule is FC(F)(F)Cc1nc(CNC2CC2)no1. The molecule has 0 aromatic carbocycles. The van der Waals surface area contributed by atoms with Crippen LogP contribution in [0.5, 0.6) is 0 Å². The fourth-order valence-corrected chi connectivity index (χ4v) is 1.13. The van der Waals surface area contributed by atoms with E-state index in [1.165, 1.54) is 0 Å². The van der Waals surface area contributed by atoms with E-state index in [1.54, 1.807) is 0 Å². The highest BCUT2D eigenvalue weighted by Crippen LogP contribution is 2.21. The Morgan fingerprint density at radius 3 is 2.73 bits per heavy atom. The fraction of sp³-hybridized carbons (Fsp3) is 0.750. The van der Waals surface area contributed by atoms with Gasteiger partial charge in [0.25, 0.3) is 0 Å². The smallest absolute Gasteiger partial charge is 0.339 e. The molecule has 0 saturated heterocycles.